The van der Waals surface area contributed by atoms with Gasteiger partial charge in [-0.1, -0.05) is 90.2 Å². The van der Waals surface area contributed by atoms with Gasteiger partial charge in [0.05, 0.1) is 0 Å². The molecule has 1 aliphatic rings. The fourth-order valence-corrected chi connectivity index (χ4v) is 3.16. The third-order valence-electron chi connectivity index (χ3n) is 4.80. The van der Waals surface area contributed by atoms with Crippen LogP contribution in [0.25, 0.3) is 0 Å². The Kier molecular flexibility index (Phi) is 11.9. The van der Waals surface area contributed by atoms with Gasteiger partial charge < -0.3 is 0 Å². The van der Waals surface area contributed by atoms with Crippen molar-refractivity contribution in [3.05, 3.63) is 12.2 Å². The van der Waals surface area contributed by atoms with Crippen molar-refractivity contribution in [1.82, 2.24) is 4.90 Å². The Morgan fingerprint density at radius 3 is 1.52 bits per heavy atom. The fraction of sp³-hybridized carbons (Fsp3) is 0.900. The Morgan fingerprint density at radius 2 is 1.14 bits per heavy atom. The average molecular weight is 294 g/mol. The monoisotopic (exact) mass is 293 g/mol. The molecule has 0 N–H and O–H groups in total. The second kappa shape index (κ2) is 13.4. The van der Waals surface area contributed by atoms with E-state index in [9.17, 15) is 0 Å². The van der Waals surface area contributed by atoms with Crippen LogP contribution in [0.15, 0.2) is 12.2 Å². The van der Waals surface area contributed by atoms with Crippen molar-refractivity contribution in [3.8, 4) is 0 Å². The van der Waals surface area contributed by atoms with Gasteiger partial charge in [0.2, 0.25) is 0 Å². The molecule has 1 rings (SSSR count). The van der Waals surface area contributed by atoms with E-state index in [2.05, 4.69) is 30.9 Å². The summed E-state index contributed by atoms with van der Waals surface area (Å²) in [5.74, 6) is 0. The topological polar surface area (TPSA) is 3.24 Å². The van der Waals surface area contributed by atoms with Crippen molar-refractivity contribution in [2.24, 2.45) is 0 Å². The van der Waals surface area contributed by atoms with Gasteiger partial charge in [-0.25, -0.2) is 0 Å². The zero-order valence-corrected chi connectivity index (χ0v) is 14.8. The van der Waals surface area contributed by atoms with E-state index < -0.39 is 0 Å². The summed E-state index contributed by atoms with van der Waals surface area (Å²) in [5, 5.41) is 0. The lowest BCUT2D eigenvalue weighted by atomic mass is 10.0. The summed E-state index contributed by atoms with van der Waals surface area (Å²) in [4.78, 5) is 2.75. The van der Waals surface area contributed by atoms with Gasteiger partial charge in [0.15, 0.2) is 0 Å². The molecule has 0 fully saturated rings. The highest BCUT2D eigenvalue weighted by Crippen LogP contribution is 2.18. The van der Waals surface area contributed by atoms with Gasteiger partial charge in [0.1, 0.15) is 0 Å². The van der Waals surface area contributed by atoms with Crippen molar-refractivity contribution in [3.63, 3.8) is 0 Å². The summed E-state index contributed by atoms with van der Waals surface area (Å²) < 4.78 is 0. The minimum absolute atomic E-state index is 0.774. The van der Waals surface area contributed by atoms with Crippen molar-refractivity contribution in [1.29, 1.82) is 0 Å². The van der Waals surface area contributed by atoms with Crippen molar-refractivity contribution >= 4 is 0 Å². The van der Waals surface area contributed by atoms with Crippen molar-refractivity contribution in [2.75, 3.05) is 13.1 Å². The summed E-state index contributed by atoms with van der Waals surface area (Å²) in [6, 6.07) is 0.774. The molecule has 0 amide bonds. The lowest BCUT2D eigenvalue weighted by Gasteiger charge is -2.33. The summed E-state index contributed by atoms with van der Waals surface area (Å²) in [7, 11) is 0. The molecular weight excluding hydrogens is 254 g/mol. The molecule has 0 radical (unpaired) electrons. The van der Waals surface area contributed by atoms with Gasteiger partial charge in [-0.3, -0.25) is 4.90 Å². The SMILES string of the molecule is CCCCCCCCN(CCCCCCCC)C1C=CC1. The van der Waals surface area contributed by atoms with E-state index in [0.717, 1.165) is 6.04 Å². The van der Waals surface area contributed by atoms with E-state index in [4.69, 9.17) is 0 Å². The van der Waals surface area contributed by atoms with E-state index in [1.165, 1.54) is 96.6 Å². The van der Waals surface area contributed by atoms with Gasteiger partial charge in [-0.15, -0.1) is 0 Å². The molecule has 0 bridgehead atoms. The van der Waals surface area contributed by atoms with Crippen LogP contribution in [0.5, 0.6) is 0 Å². The van der Waals surface area contributed by atoms with Crippen LogP contribution in [-0.4, -0.2) is 24.0 Å². The third-order valence-corrected chi connectivity index (χ3v) is 4.80. The molecule has 21 heavy (non-hydrogen) atoms. The van der Waals surface area contributed by atoms with Crippen LogP contribution in [0, 0.1) is 0 Å². The first-order valence-corrected chi connectivity index (χ1v) is 9.79. The second-order valence-electron chi connectivity index (χ2n) is 6.80. The standard InChI is InChI=1S/C20H39N/c1-3-5-7-9-11-13-18-21(20-16-15-17-20)19-14-12-10-8-6-4-2/h15-16,20H,3-14,17-19H2,1-2H3. The summed E-state index contributed by atoms with van der Waals surface area (Å²) in [5.41, 5.74) is 0. The first-order valence-electron chi connectivity index (χ1n) is 9.79. The maximum absolute atomic E-state index is 2.75. The number of hydrogen-bond acceptors (Lipinski definition) is 1. The van der Waals surface area contributed by atoms with Crippen LogP contribution >= 0.6 is 0 Å². The molecule has 0 saturated carbocycles. The lowest BCUT2D eigenvalue weighted by molar-refractivity contribution is 0.208. The number of unbranched alkanes of at least 4 members (excludes halogenated alkanes) is 10. The Hall–Kier alpha value is -0.300. The highest BCUT2D eigenvalue weighted by Gasteiger charge is 2.18. The molecule has 0 saturated heterocycles. The molecule has 0 aromatic heterocycles. The Labute approximate surface area is 134 Å². The summed E-state index contributed by atoms with van der Waals surface area (Å²) >= 11 is 0. The first-order chi connectivity index (χ1) is 10.4. The maximum Gasteiger partial charge on any atom is 0.0312 e. The smallest absolute Gasteiger partial charge is 0.0312 e. The van der Waals surface area contributed by atoms with E-state index in [1.54, 1.807) is 0 Å². The molecule has 1 nitrogen and oxygen atoms in total. The lowest BCUT2D eigenvalue weighted by Crippen LogP contribution is -2.38. The van der Waals surface area contributed by atoms with Gasteiger partial charge in [-0.2, -0.15) is 0 Å². The van der Waals surface area contributed by atoms with E-state index >= 15 is 0 Å². The predicted molar refractivity (Wildman–Crippen MR) is 95.9 cm³/mol. The highest BCUT2D eigenvalue weighted by molar-refractivity contribution is 5.07. The van der Waals surface area contributed by atoms with Crippen LogP contribution in [-0.2, 0) is 0 Å². The molecule has 1 atom stereocenters. The number of nitrogens with zero attached hydrogens (tertiary/aromatic N) is 1. The molecule has 0 spiro atoms. The molecule has 124 valence electrons. The average Bonchev–Trinajstić information content (AvgIpc) is 2.44. The largest absolute Gasteiger partial charge is 0.297 e. The van der Waals surface area contributed by atoms with E-state index in [-0.39, 0.29) is 0 Å². The van der Waals surface area contributed by atoms with Gasteiger partial charge in [-0.05, 0) is 32.4 Å². The molecule has 1 aliphatic carbocycles. The van der Waals surface area contributed by atoms with Gasteiger partial charge in [0, 0.05) is 6.04 Å². The molecular formula is C20H39N. The van der Waals surface area contributed by atoms with Crippen LogP contribution in [0.1, 0.15) is 97.3 Å². The van der Waals surface area contributed by atoms with Crippen LogP contribution in [0.3, 0.4) is 0 Å². The second-order valence-corrected chi connectivity index (χ2v) is 6.80. The van der Waals surface area contributed by atoms with E-state index in [1.807, 2.05) is 0 Å². The molecule has 0 aromatic carbocycles. The zero-order valence-electron chi connectivity index (χ0n) is 14.8. The summed E-state index contributed by atoms with van der Waals surface area (Å²) in [6.07, 6.45) is 23.1. The molecule has 0 aromatic rings. The van der Waals surface area contributed by atoms with Gasteiger partial charge in [0.25, 0.3) is 0 Å². The normalized spacial score (nSPS) is 17.4. The van der Waals surface area contributed by atoms with Gasteiger partial charge >= 0.3 is 0 Å². The van der Waals surface area contributed by atoms with Crippen molar-refractivity contribution < 1.29 is 0 Å². The highest BCUT2D eigenvalue weighted by atomic mass is 15.1. The third kappa shape index (κ3) is 9.34. The predicted octanol–water partition coefficient (Wildman–Crippen LogP) is 6.34. The Morgan fingerprint density at radius 1 is 0.714 bits per heavy atom. The molecule has 0 aliphatic heterocycles. The fourth-order valence-electron chi connectivity index (χ4n) is 3.16. The molecule has 0 heterocycles. The maximum atomic E-state index is 2.75. The Bertz CT molecular complexity index is 230. The van der Waals surface area contributed by atoms with E-state index in [0.29, 0.717) is 0 Å². The minimum Gasteiger partial charge on any atom is -0.297 e. The molecule has 1 heteroatoms. The quantitative estimate of drug-likeness (QED) is 0.251. The van der Waals surface area contributed by atoms with Crippen molar-refractivity contribution in [2.45, 2.75) is 103 Å². The Balaban J connectivity index is 2.04. The number of hydrogen-bond donors (Lipinski definition) is 0. The molecule has 1 unspecified atom stereocenters. The zero-order chi connectivity index (χ0) is 15.2. The number of rotatable bonds is 15. The van der Waals surface area contributed by atoms with Crippen LogP contribution < -0.4 is 0 Å². The minimum atomic E-state index is 0.774. The van der Waals surface area contributed by atoms with Crippen LogP contribution in [0.4, 0.5) is 0 Å². The first kappa shape index (κ1) is 18.7. The van der Waals surface area contributed by atoms with Crippen LogP contribution in [0.2, 0.25) is 0 Å². The summed E-state index contributed by atoms with van der Waals surface area (Å²) in [6.45, 7) is 7.25.